The molecule has 0 atom stereocenters. The van der Waals surface area contributed by atoms with E-state index in [0.29, 0.717) is 5.75 Å². The van der Waals surface area contributed by atoms with Crippen molar-refractivity contribution in [2.45, 2.75) is 20.0 Å². The Morgan fingerprint density at radius 3 is 2.29 bits per heavy atom. The maximum absolute atomic E-state index is 11.2. The Bertz CT molecular complexity index is 394. The van der Waals surface area contributed by atoms with Gasteiger partial charge in [-0.25, -0.2) is 9.59 Å². The molecule has 0 amide bonds. The summed E-state index contributed by atoms with van der Waals surface area (Å²) in [6, 6.07) is 5.80. The average Bonchev–Trinajstić information content (AvgIpc) is 2.26. The number of rotatable bonds is 5. The monoisotopic (exact) mass is 238 g/mol. The van der Waals surface area contributed by atoms with Gasteiger partial charge in [0.05, 0.1) is 11.7 Å². The lowest BCUT2D eigenvalue weighted by Crippen LogP contribution is -2.18. The minimum Gasteiger partial charge on any atom is -0.482 e. The lowest BCUT2D eigenvalue weighted by molar-refractivity contribution is -0.149. The number of hydrogen-bond donors (Lipinski definition) is 1. The number of aromatic carboxylic acids is 1. The number of carboxylic acids is 1. The van der Waals surface area contributed by atoms with Crippen molar-refractivity contribution in [3.8, 4) is 5.75 Å². The number of hydrogen-bond acceptors (Lipinski definition) is 4. The van der Waals surface area contributed by atoms with Crippen molar-refractivity contribution in [2.75, 3.05) is 6.61 Å². The number of carbonyl (C=O) groups excluding carboxylic acids is 1. The van der Waals surface area contributed by atoms with Gasteiger partial charge in [-0.1, -0.05) is 0 Å². The fraction of sp³-hybridized carbons (Fsp3) is 0.333. The van der Waals surface area contributed by atoms with E-state index >= 15 is 0 Å². The first kappa shape index (κ1) is 13.0. The molecular weight excluding hydrogens is 224 g/mol. The summed E-state index contributed by atoms with van der Waals surface area (Å²) in [5, 5.41) is 8.68. The van der Waals surface area contributed by atoms with Gasteiger partial charge < -0.3 is 14.6 Å². The van der Waals surface area contributed by atoms with Gasteiger partial charge in [-0.05, 0) is 38.1 Å². The lowest BCUT2D eigenvalue weighted by Gasteiger charge is -2.09. The van der Waals surface area contributed by atoms with Gasteiger partial charge in [-0.2, -0.15) is 0 Å². The first-order chi connectivity index (χ1) is 7.99. The van der Waals surface area contributed by atoms with E-state index in [1.54, 1.807) is 13.8 Å². The molecule has 5 heteroatoms. The van der Waals surface area contributed by atoms with E-state index in [1.165, 1.54) is 24.3 Å². The topological polar surface area (TPSA) is 72.8 Å². The summed E-state index contributed by atoms with van der Waals surface area (Å²) in [4.78, 5) is 21.7. The predicted octanol–water partition coefficient (Wildman–Crippen LogP) is 1.72. The molecule has 0 aromatic heterocycles. The average molecular weight is 238 g/mol. The van der Waals surface area contributed by atoms with Crippen LogP contribution in [0.3, 0.4) is 0 Å². The predicted molar refractivity (Wildman–Crippen MR) is 60.1 cm³/mol. The molecule has 0 heterocycles. The fourth-order valence-corrected chi connectivity index (χ4v) is 1.13. The van der Waals surface area contributed by atoms with Gasteiger partial charge in [0.2, 0.25) is 0 Å². The first-order valence-electron chi connectivity index (χ1n) is 5.14. The van der Waals surface area contributed by atoms with Gasteiger partial charge in [0, 0.05) is 0 Å². The Labute approximate surface area is 99.0 Å². The second kappa shape index (κ2) is 5.89. The van der Waals surface area contributed by atoms with Gasteiger partial charge in [0.15, 0.2) is 6.61 Å². The summed E-state index contributed by atoms with van der Waals surface area (Å²) in [6.45, 7) is 3.31. The second-order valence-corrected chi connectivity index (χ2v) is 3.66. The second-order valence-electron chi connectivity index (χ2n) is 3.66. The molecule has 0 saturated carbocycles. The zero-order valence-corrected chi connectivity index (χ0v) is 9.67. The van der Waals surface area contributed by atoms with E-state index in [4.69, 9.17) is 14.6 Å². The minimum absolute atomic E-state index is 0.169. The van der Waals surface area contributed by atoms with E-state index in [9.17, 15) is 9.59 Å². The standard InChI is InChI=1S/C12H14O5/c1-8(2)17-11(13)7-16-10-5-3-9(4-6-10)12(14)15/h3-6,8H,7H2,1-2H3,(H,14,15). The third-order valence-electron chi connectivity index (χ3n) is 1.83. The number of benzene rings is 1. The zero-order valence-electron chi connectivity index (χ0n) is 9.67. The summed E-state index contributed by atoms with van der Waals surface area (Å²) >= 11 is 0. The van der Waals surface area contributed by atoms with Crippen LogP contribution in [0.15, 0.2) is 24.3 Å². The molecule has 0 radical (unpaired) electrons. The summed E-state index contributed by atoms with van der Waals surface area (Å²) < 4.78 is 10.0. The van der Waals surface area contributed by atoms with Crippen LogP contribution in [0.1, 0.15) is 24.2 Å². The van der Waals surface area contributed by atoms with Crippen molar-refractivity contribution in [1.82, 2.24) is 0 Å². The van der Waals surface area contributed by atoms with Crippen LogP contribution >= 0.6 is 0 Å². The van der Waals surface area contributed by atoms with Crippen molar-refractivity contribution >= 4 is 11.9 Å². The van der Waals surface area contributed by atoms with Crippen LogP contribution in [0.5, 0.6) is 5.75 Å². The molecule has 1 aromatic rings. The molecule has 0 saturated heterocycles. The Morgan fingerprint density at radius 1 is 1.24 bits per heavy atom. The van der Waals surface area contributed by atoms with Gasteiger partial charge >= 0.3 is 11.9 Å². The maximum atomic E-state index is 11.2. The number of carboxylic acid groups (broad SMARTS) is 1. The van der Waals surface area contributed by atoms with Crippen molar-refractivity contribution in [3.05, 3.63) is 29.8 Å². The van der Waals surface area contributed by atoms with Crippen LogP contribution in [-0.2, 0) is 9.53 Å². The number of ether oxygens (including phenoxy) is 2. The maximum Gasteiger partial charge on any atom is 0.344 e. The molecule has 0 fully saturated rings. The summed E-state index contributed by atoms with van der Waals surface area (Å²) in [5.74, 6) is -1.03. The normalized spacial score (nSPS) is 10.1. The quantitative estimate of drug-likeness (QED) is 0.790. The fourth-order valence-electron chi connectivity index (χ4n) is 1.13. The highest BCUT2D eigenvalue weighted by molar-refractivity contribution is 5.87. The summed E-state index contributed by atoms with van der Waals surface area (Å²) in [5.41, 5.74) is 0.169. The third kappa shape index (κ3) is 4.55. The highest BCUT2D eigenvalue weighted by atomic mass is 16.6. The first-order valence-corrected chi connectivity index (χ1v) is 5.14. The molecule has 0 aliphatic rings. The Morgan fingerprint density at radius 2 is 1.82 bits per heavy atom. The van der Waals surface area contributed by atoms with Gasteiger partial charge in [0.1, 0.15) is 5.75 Å². The van der Waals surface area contributed by atoms with Crippen LogP contribution in [0.4, 0.5) is 0 Å². The number of esters is 1. The highest BCUT2D eigenvalue weighted by Crippen LogP contribution is 2.12. The van der Waals surface area contributed by atoms with Crippen LogP contribution in [0, 0.1) is 0 Å². The van der Waals surface area contributed by atoms with E-state index in [1.807, 2.05) is 0 Å². The van der Waals surface area contributed by atoms with Crippen LogP contribution in [0.25, 0.3) is 0 Å². The molecule has 92 valence electrons. The van der Waals surface area contributed by atoms with E-state index in [-0.39, 0.29) is 18.3 Å². The molecule has 1 N–H and O–H groups in total. The molecular formula is C12H14O5. The van der Waals surface area contributed by atoms with Gasteiger partial charge in [-0.15, -0.1) is 0 Å². The summed E-state index contributed by atoms with van der Waals surface area (Å²) in [7, 11) is 0. The van der Waals surface area contributed by atoms with E-state index in [0.717, 1.165) is 0 Å². The van der Waals surface area contributed by atoms with Crippen molar-refractivity contribution in [2.24, 2.45) is 0 Å². The van der Waals surface area contributed by atoms with Crippen LogP contribution in [0.2, 0.25) is 0 Å². The van der Waals surface area contributed by atoms with E-state index < -0.39 is 11.9 Å². The SMILES string of the molecule is CC(C)OC(=O)COc1ccc(C(=O)O)cc1. The van der Waals surface area contributed by atoms with Crippen molar-refractivity contribution < 1.29 is 24.2 Å². The van der Waals surface area contributed by atoms with Crippen LogP contribution < -0.4 is 4.74 Å². The molecule has 0 bridgehead atoms. The Kier molecular flexibility index (Phi) is 4.51. The Hall–Kier alpha value is -2.04. The van der Waals surface area contributed by atoms with Crippen molar-refractivity contribution in [1.29, 1.82) is 0 Å². The smallest absolute Gasteiger partial charge is 0.344 e. The number of carbonyl (C=O) groups is 2. The summed E-state index contributed by atoms with van der Waals surface area (Å²) in [6.07, 6.45) is -0.180. The van der Waals surface area contributed by atoms with Crippen LogP contribution in [-0.4, -0.2) is 29.8 Å². The molecule has 5 nitrogen and oxygen atoms in total. The van der Waals surface area contributed by atoms with Gasteiger partial charge in [0.25, 0.3) is 0 Å². The third-order valence-corrected chi connectivity index (χ3v) is 1.83. The molecule has 17 heavy (non-hydrogen) atoms. The zero-order chi connectivity index (χ0) is 12.8. The molecule has 0 unspecified atom stereocenters. The van der Waals surface area contributed by atoms with E-state index in [2.05, 4.69) is 0 Å². The minimum atomic E-state index is -1.00. The largest absolute Gasteiger partial charge is 0.482 e. The molecule has 1 aromatic carbocycles. The molecule has 0 aliphatic heterocycles. The Balaban J connectivity index is 2.47. The van der Waals surface area contributed by atoms with Gasteiger partial charge in [-0.3, -0.25) is 0 Å². The molecule has 0 aliphatic carbocycles. The van der Waals surface area contributed by atoms with Crippen molar-refractivity contribution in [3.63, 3.8) is 0 Å². The molecule has 1 rings (SSSR count). The lowest BCUT2D eigenvalue weighted by atomic mass is 10.2. The molecule has 0 spiro atoms. The highest BCUT2D eigenvalue weighted by Gasteiger charge is 2.07.